The molecule has 6 heteroatoms. The first-order valence-corrected chi connectivity index (χ1v) is 6.01. The van der Waals surface area contributed by atoms with E-state index in [2.05, 4.69) is 26.2 Å². The topological polar surface area (TPSA) is 79.3 Å². The van der Waals surface area contributed by atoms with Crippen LogP contribution in [0.5, 0.6) is 0 Å². The summed E-state index contributed by atoms with van der Waals surface area (Å²) in [7, 11) is 0. The van der Waals surface area contributed by atoms with Crippen molar-refractivity contribution in [2.24, 2.45) is 0 Å². The van der Waals surface area contributed by atoms with Crippen molar-refractivity contribution in [3.05, 3.63) is 28.5 Å². The van der Waals surface area contributed by atoms with Crippen molar-refractivity contribution in [3.63, 3.8) is 0 Å². The summed E-state index contributed by atoms with van der Waals surface area (Å²) >= 11 is 3.19. The second-order valence-corrected chi connectivity index (χ2v) is 4.20. The fourth-order valence-corrected chi connectivity index (χ4v) is 1.68. The van der Waals surface area contributed by atoms with Crippen LogP contribution in [0.4, 0.5) is 0 Å². The van der Waals surface area contributed by atoms with Crippen LogP contribution in [0.1, 0.15) is 29.6 Å². The molecule has 0 aliphatic carbocycles. The quantitative estimate of drug-likeness (QED) is 0.620. The van der Waals surface area contributed by atoms with Gasteiger partial charge in [0.15, 0.2) is 0 Å². The van der Waals surface area contributed by atoms with Gasteiger partial charge in [-0.05, 0) is 40.9 Å². The Morgan fingerprint density at radius 1 is 1.41 bits per heavy atom. The third-order valence-electron chi connectivity index (χ3n) is 2.11. The summed E-state index contributed by atoms with van der Waals surface area (Å²) in [5.41, 5.74) is 0.478. The standard InChI is InChI=1S/C11H13BrN2O3/c12-10-8(4-3-7-13-10)11(17)14-6-2-1-5-9(15)16/h3-4,7H,1-2,5-6H2,(H,14,17)(H,15,16). The van der Waals surface area contributed by atoms with Crippen LogP contribution in [-0.2, 0) is 4.79 Å². The first-order chi connectivity index (χ1) is 8.11. The van der Waals surface area contributed by atoms with E-state index < -0.39 is 5.97 Å². The van der Waals surface area contributed by atoms with Gasteiger partial charge >= 0.3 is 5.97 Å². The molecule has 0 aliphatic rings. The minimum atomic E-state index is -0.814. The number of nitrogens with zero attached hydrogens (tertiary/aromatic N) is 1. The largest absolute Gasteiger partial charge is 0.481 e. The lowest BCUT2D eigenvalue weighted by Crippen LogP contribution is -2.25. The number of halogens is 1. The zero-order valence-electron chi connectivity index (χ0n) is 9.15. The number of amides is 1. The van der Waals surface area contributed by atoms with E-state index in [9.17, 15) is 9.59 Å². The average molecular weight is 301 g/mol. The van der Waals surface area contributed by atoms with Gasteiger partial charge in [0.25, 0.3) is 5.91 Å². The molecule has 1 rings (SSSR count). The van der Waals surface area contributed by atoms with E-state index in [-0.39, 0.29) is 12.3 Å². The predicted molar refractivity (Wildman–Crippen MR) is 65.8 cm³/mol. The number of hydrogen-bond donors (Lipinski definition) is 2. The summed E-state index contributed by atoms with van der Waals surface area (Å²) in [6, 6.07) is 3.35. The Labute approximate surface area is 107 Å². The molecule has 92 valence electrons. The third kappa shape index (κ3) is 4.95. The summed E-state index contributed by atoms with van der Waals surface area (Å²) in [4.78, 5) is 25.9. The van der Waals surface area contributed by atoms with Crippen molar-refractivity contribution in [3.8, 4) is 0 Å². The van der Waals surface area contributed by atoms with Crippen molar-refractivity contribution >= 4 is 27.8 Å². The molecule has 0 bridgehead atoms. The van der Waals surface area contributed by atoms with Crippen LogP contribution < -0.4 is 5.32 Å². The van der Waals surface area contributed by atoms with Crippen molar-refractivity contribution in [1.29, 1.82) is 0 Å². The Morgan fingerprint density at radius 2 is 2.18 bits per heavy atom. The Balaban J connectivity index is 2.31. The van der Waals surface area contributed by atoms with Crippen LogP contribution >= 0.6 is 15.9 Å². The van der Waals surface area contributed by atoms with Crippen LogP contribution in [0.3, 0.4) is 0 Å². The van der Waals surface area contributed by atoms with E-state index in [0.717, 1.165) is 0 Å². The summed E-state index contributed by atoms with van der Waals surface area (Å²) in [5, 5.41) is 11.1. The first kappa shape index (κ1) is 13.6. The molecule has 5 nitrogen and oxygen atoms in total. The number of rotatable bonds is 6. The number of unbranched alkanes of at least 4 members (excludes halogenated alkanes) is 1. The second-order valence-electron chi connectivity index (χ2n) is 3.45. The van der Waals surface area contributed by atoms with Gasteiger partial charge in [0.05, 0.1) is 5.56 Å². The minimum absolute atomic E-state index is 0.131. The molecule has 1 amide bonds. The van der Waals surface area contributed by atoms with Crippen LogP contribution in [0, 0.1) is 0 Å². The number of carboxylic acid groups (broad SMARTS) is 1. The molecule has 1 aromatic heterocycles. The summed E-state index contributed by atoms with van der Waals surface area (Å²) < 4.78 is 0.503. The van der Waals surface area contributed by atoms with Gasteiger partial charge in [-0.15, -0.1) is 0 Å². The normalized spacial score (nSPS) is 9.94. The fraction of sp³-hybridized carbons (Fsp3) is 0.364. The number of nitrogens with one attached hydrogen (secondary N) is 1. The molecule has 0 saturated heterocycles. The van der Waals surface area contributed by atoms with Crippen molar-refractivity contribution < 1.29 is 14.7 Å². The Kier molecular flexibility index (Phi) is 5.62. The van der Waals surface area contributed by atoms with Crippen LogP contribution in [0.2, 0.25) is 0 Å². The monoisotopic (exact) mass is 300 g/mol. The molecule has 1 aromatic rings. The van der Waals surface area contributed by atoms with Crippen LogP contribution in [0.25, 0.3) is 0 Å². The highest BCUT2D eigenvalue weighted by Crippen LogP contribution is 2.11. The summed E-state index contributed by atoms with van der Waals surface area (Å²) in [5.74, 6) is -1.02. The molecule has 17 heavy (non-hydrogen) atoms. The maximum atomic E-state index is 11.7. The molecular weight excluding hydrogens is 288 g/mol. The molecule has 1 heterocycles. The highest BCUT2D eigenvalue weighted by Gasteiger charge is 2.09. The predicted octanol–water partition coefficient (Wildman–Crippen LogP) is 1.83. The number of aromatic nitrogens is 1. The van der Waals surface area contributed by atoms with E-state index in [1.54, 1.807) is 18.3 Å². The SMILES string of the molecule is O=C(O)CCCCNC(=O)c1cccnc1Br. The smallest absolute Gasteiger partial charge is 0.303 e. The Bertz CT molecular complexity index is 409. The fourth-order valence-electron chi connectivity index (χ4n) is 1.25. The van der Waals surface area contributed by atoms with E-state index in [4.69, 9.17) is 5.11 Å². The summed E-state index contributed by atoms with van der Waals surface area (Å²) in [6.45, 7) is 0.466. The molecule has 0 aromatic carbocycles. The highest BCUT2D eigenvalue weighted by atomic mass is 79.9. The van der Waals surface area contributed by atoms with Gasteiger partial charge in [-0.3, -0.25) is 9.59 Å². The van der Waals surface area contributed by atoms with Crippen LogP contribution in [0.15, 0.2) is 22.9 Å². The molecule has 0 radical (unpaired) electrons. The lowest BCUT2D eigenvalue weighted by atomic mass is 10.2. The maximum Gasteiger partial charge on any atom is 0.303 e. The third-order valence-corrected chi connectivity index (χ3v) is 2.74. The van der Waals surface area contributed by atoms with E-state index in [1.165, 1.54) is 0 Å². The highest BCUT2D eigenvalue weighted by molar-refractivity contribution is 9.10. The van der Waals surface area contributed by atoms with E-state index in [0.29, 0.717) is 29.6 Å². The van der Waals surface area contributed by atoms with Crippen molar-refractivity contribution in [2.75, 3.05) is 6.54 Å². The number of aliphatic carboxylic acids is 1. The lowest BCUT2D eigenvalue weighted by Gasteiger charge is -2.05. The zero-order chi connectivity index (χ0) is 12.7. The van der Waals surface area contributed by atoms with E-state index >= 15 is 0 Å². The zero-order valence-corrected chi connectivity index (χ0v) is 10.7. The molecule has 2 N–H and O–H groups in total. The van der Waals surface area contributed by atoms with Crippen LogP contribution in [-0.4, -0.2) is 28.5 Å². The maximum absolute atomic E-state index is 11.7. The number of carbonyl (C=O) groups excluding carboxylic acids is 1. The van der Waals surface area contributed by atoms with Gasteiger partial charge in [-0.2, -0.15) is 0 Å². The molecule has 0 spiro atoms. The number of hydrogen-bond acceptors (Lipinski definition) is 3. The van der Waals surface area contributed by atoms with E-state index in [1.807, 2.05) is 0 Å². The Morgan fingerprint density at radius 3 is 2.82 bits per heavy atom. The molecular formula is C11H13BrN2O3. The molecule has 0 saturated carbocycles. The van der Waals surface area contributed by atoms with Gasteiger partial charge < -0.3 is 10.4 Å². The molecule has 0 atom stereocenters. The Hall–Kier alpha value is -1.43. The van der Waals surface area contributed by atoms with Crippen molar-refractivity contribution in [2.45, 2.75) is 19.3 Å². The van der Waals surface area contributed by atoms with Gasteiger partial charge in [0.2, 0.25) is 0 Å². The summed E-state index contributed by atoms with van der Waals surface area (Å²) in [6.07, 6.45) is 2.93. The van der Waals surface area contributed by atoms with Gasteiger partial charge in [0, 0.05) is 19.2 Å². The average Bonchev–Trinajstić information content (AvgIpc) is 2.28. The first-order valence-electron chi connectivity index (χ1n) is 5.22. The minimum Gasteiger partial charge on any atom is -0.481 e. The number of pyridine rings is 1. The van der Waals surface area contributed by atoms with Gasteiger partial charge in [-0.1, -0.05) is 0 Å². The lowest BCUT2D eigenvalue weighted by molar-refractivity contribution is -0.137. The number of carboxylic acids is 1. The van der Waals surface area contributed by atoms with Gasteiger partial charge in [0.1, 0.15) is 4.60 Å². The van der Waals surface area contributed by atoms with Gasteiger partial charge in [-0.25, -0.2) is 4.98 Å². The second kappa shape index (κ2) is 7.01. The number of carbonyl (C=O) groups is 2. The van der Waals surface area contributed by atoms with Crippen molar-refractivity contribution in [1.82, 2.24) is 10.3 Å². The molecule has 0 fully saturated rings. The molecule has 0 unspecified atom stereocenters. The molecule has 0 aliphatic heterocycles.